The van der Waals surface area contributed by atoms with Crippen molar-refractivity contribution in [3.05, 3.63) is 34.2 Å². The molecule has 0 spiro atoms. The minimum atomic E-state index is 0.864. The van der Waals surface area contributed by atoms with Gasteiger partial charge in [0.2, 0.25) is 0 Å². The van der Waals surface area contributed by atoms with Crippen molar-refractivity contribution in [2.75, 3.05) is 0 Å². The molecule has 1 aromatic carbocycles. The van der Waals surface area contributed by atoms with Crippen molar-refractivity contribution < 1.29 is 0 Å². The van der Waals surface area contributed by atoms with Crippen LogP contribution in [0.25, 0.3) is 10.1 Å². The van der Waals surface area contributed by atoms with Crippen molar-refractivity contribution in [2.45, 2.75) is 13.3 Å². The molecule has 0 bridgehead atoms. The van der Waals surface area contributed by atoms with Gasteiger partial charge >= 0.3 is 0 Å². The van der Waals surface area contributed by atoms with E-state index in [1.807, 2.05) is 6.07 Å². The Balaban J connectivity index is 2.82. The number of thiophene rings is 1. The Labute approximate surface area is 80.8 Å². The molecule has 0 radical (unpaired) electrons. The minimum absolute atomic E-state index is 0.864. The van der Waals surface area contributed by atoms with Gasteiger partial charge in [0.1, 0.15) is 0 Å². The van der Waals surface area contributed by atoms with Crippen LogP contribution in [0.15, 0.2) is 23.6 Å². The van der Waals surface area contributed by atoms with E-state index in [-0.39, 0.29) is 0 Å². The third kappa shape index (κ3) is 1.13. The molecular weight excluding hydrogens is 188 g/mol. The number of aryl methyl sites for hydroxylation is 1. The predicted octanol–water partition coefficient (Wildman–Crippen LogP) is 4.12. The zero-order valence-corrected chi connectivity index (χ0v) is 8.38. The number of hydrogen-bond acceptors (Lipinski definition) is 1. The van der Waals surface area contributed by atoms with Gasteiger partial charge in [0.25, 0.3) is 0 Å². The molecule has 12 heavy (non-hydrogen) atoms. The van der Waals surface area contributed by atoms with Crippen LogP contribution < -0.4 is 0 Å². The lowest BCUT2D eigenvalue weighted by Gasteiger charge is -1.99. The number of rotatable bonds is 1. The Morgan fingerprint density at radius 3 is 2.92 bits per heavy atom. The number of halogens is 1. The largest absolute Gasteiger partial charge is 0.143 e. The Hall–Kier alpha value is -0.530. The van der Waals surface area contributed by atoms with E-state index in [2.05, 4.69) is 24.4 Å². The van der Waals surface area contributed by atoms with Gasteiger partial charge in [-0.05, 0) is 29.5 Å². The van der Waals surface area contributed by atoms with Gasteiger partial charge in [-0.25, -0.2) is 0 Å². The standard InChI is InChI=1S/C10H9ClS/c1-2-7-3-4-9(11)8-5-6-12-10(7)8/h3-6H,2H2,1H3. The van der Waals surface area contributed by atoms with Gasteiger partial charge in [-0.15, -0.1) is 11.3 Å². The van der Waals surface area contributed by atoms with Crippen molar-refractivity contribution in [1.82, 2.24) is 0 Å². The summed E-state index contributed by atoms with van der Waals surface area (Å²) in [5.74, 6) is 0. The molecule has 0 aliphatic rings. The fourth-order valence-corrected chi connectivity index (χ4v) is 2.65. The van der Waals surface area contributed by atoms with Crippen LogP contribution in [0.4, 0.5) is 0 Å². The summed E-state index contributed by atoms with van der Waals surface area (Å²) in [5, 5.41) is 4.15. The Bertz CT molecular complexity index is 403. The van der Waals surface area contributed by atoms with Crippen LogP contribution in [0.1, 0.15) is 12.5 Å². The molecule has 0 fully saturated rings. The normalized spacial score (nSPS) is 10.8. The lowest BCUT2D eigenvalue weighted by molar-refractivity contribution is 1.16. The summed E-state index contributed by atoms with van der Waals surface area (Å²) in [4.78, 5) is 0. The molecule has 2 aromatic rings. The topological polar surface area (TPSA) is 0 Å². The molecule has 0 saturated heterocycles. The molecular formula is C10H9ClS. The number of fused-ring (bicyclic) bond motifs is 1. The van der Waals surface area contributed by atoms with E-state index in [0.29, 0.717) is 0 Å². The van der Waals surface area contributed by atoms with Crippen LogP contribution in [-0.2, 0) is 6.42 Å². The lowest BCUT2D eigenvalue weighted by Crippen LogP contribution is -1.79. The Morgan fingerprint density at radius 2 is 2.17 bits per heavy atom. The summed E-state index contributed by atoms with van der Waals surface area (Å²) in [5.41, 5.74) is 1.39. The molecule has 0 nitrogen and oxygen atoms in total. The van der Waals surface area contributed by atoms with Crippen molar-refractivity contribution in [1.29, 1.82) is 0 Å². The third-order valence-electron chi connectivity index (χ3n) is 2.03. The molecule has 2 rings (SSSR count). The van der Waals surface area contributed by atoms with E-state index >= 15 is 0 Å². The van der Waals surface area contributed by atoms with Crippen LogP contribution in [0, 0.1) is 0 Å². The zero-order valence-electron chi connectivity index (χ0n) is 6.80. The number of benzene rings is 1. The monoisotopic (exact) mass is 196 g/mol. The predicted molar refractivity (Wildman–Crippen MR) is 56.2 cm³/mol. The van der Waals surface area contributed by atoms with Crippen molar-refractivity contribution in [3.63, 3.8) is 0 Å². The minimum Gasteiger partial charge on any atom is -0.143 e. The van der Waals surface area contributed by atoms with E-state index in [1.165, 1.54) is 15.6 Å². The number of hydrogen-bond donors (Lipinski definition) is 0. The summed E-state index contributed by atoms with van der Waals surface area (Å²) in [7, 11) is 0. The average molecular weight is 197 g/mol. The van der Waals surface area contributed by atoms with Crippen LogP contribution in [0.2, 0.25) is 5.02 Å². The fraction of sp³-hybridized carbons (Fsp3) is 0.200. The van der Waals surface area contributed by atoms with Gasteiger partial charge in [0.05, 0.1) is 0 Å². The molecule has 1 aromatic heterocycles. The summed E-state index contributed by atoms with van der Waals surface area (Å²) in [6.07, 6.45) is 1.08. The van der Waals surface area contributed by atoms with Gasteiger partial charge in [0.15, 0.2) is 0 Å². The fourth-order valence-electron chi connectivity index (χ4n) is 1.36. The van der Waals surface area contributed by atoms with E-state index < -0.39 is 0 Å². The molecule has 0 amide bonds. The van der Waals surface area contributed by atoms with Gasteiger partial charge in [-0.2, -0.15) is 0 Å². The van der Waals surface area contributed by atoms with Crippen LogP contribution in [0.5, 0.6) is 0 Å². The van der Waals surface area contributed by atoms with Crippen molar-refractivity contribution in [3.8, 4) is 0 Å². The maximum Gasteiger partial charge on any atom is 0.0493 e. The smallest absolute Gasteiger partial charge is 0.0493 e. The van der Waals surface area contributed by atoms with E-state index in [4.69, 9.17) is 11.6 Å². The first-order chi connectivity index (χ1) is 5.83. The quantitative estimate of drug-likeness (QED) is 0.644. The molecule has 62 valence electrons. The second kappa shape index (κ2) is 3.08. The highest BCUT2D eigenvalue weighted by atomic mass is 35.5. The van der Waals surface area contributed by atoms with Crippen molar-refractivity contribution >= 4 is 33.0 Å². The summed E-state index contributed by atoms with van der Waals surface area (Å²) >= 11 is 7.80. The SMILES string of the molecule is CCc1ccc(Cl)c2ccsc12. The first-order valence-corrected chi connectivity index (χ1v) is 5.23. The highest BCUT2D eigenvalue weighted by Gasteiger charge is 2.03. The highest BCUT2D eigenvalue weighted by Crippen LogP contribution is 2.30. The molecule has 0 unspecified atom stereocenters. The third-order valence-corrected chi connectivity index (χ3v) is 3.35. The molecule has 0 aliphatic carbocycles. The van der Waals surface area contributed by atoms with Gasteiger partial charge < -0.3 is 0 Å². The molecule has 1 heterocycles. The zero-order chi connectivity index (χ0) is 8.55. The molecule has 0 atom stereocenters. The first kappa shape index (κ1) is 8.09. The van der Waals surface area contributed by atoms with Gasteiger partial charge in [-0.3, -0.25) is 0 Å². The molecule has 2 heteroatoms. The van der Waals surface area contributed by atoms with Gasteiger partial charge in [-0.1, -0.05) is 24.6 Å². The van der Waals surface area contributed by atoms with Crippen molar-refractivity contribution in [2.24, 2.45) is 0 Å². The second-order valence-corrected chi connectivity index (χ2v) is 4.05. The van der Waals surface area contributed by atoms with E-state index in [1.54, 1.807) is 11.3 Å². The summed E-state index contributed by atoms with van der Waals surface area (Å²) in [6.45, 7) is 2.17. The lowest BCUT2D eigenvalue weighted by atomic mass is 10.1. The maximum atomic E-state index is 6.03. The van der Waals surface area contributed by atoms with E-state index in [9.17, 15) is 0 Å². The molecule has 0 aliphatic heterocycles. The van der Waals surface area contributed by atoms with Crippen LogP contribution in [0.3, 0.4) is 0 Å². The highest BCUT2D eigenvalue weighted by molar-refractivity contribution is 7.17. The molecule has 0 N–H and O–H groups in total. The summed E-state index contributed by atoms with van der Waals surface area (Å²) in [6, 6.07) is 6.18. The van der Waals surface area contributed by atoms with Crippen LogP contribution in [-0.4, -0.2) is 0 Å². The van der Waals surface area contributed by atoms with E-state index in [0.717, 1.165) is 11.4 Å². The molecule has 0 saturated carbocycles. The first-order valence-electron chi connectivity index (χ1n) is 3.97. The Kier molecular flexibility index (Phi) is 2.07. The van der Waals surface area contributed by atoms with Gasteiger partial charge in [0, 0.05) is 15.1 Å². The summed E-state index contributed by atoms with van der Waals surface area (Å²) < 4.78 is 1.34. The maximum absolute atomic E-state index is 6.03. The average Bonchev–Trinajstić information content (AvgIpc) is 2.54. The Morgan fingerprint density at radius 1 is 1.33 bits per heavy atom. The van der Waals surface area contributed by atoms with Crippen LogP contribution >= 0.6 is 22.9 Å². The second-order valence-electron chi connectivity index (χ2n) is 2.72.